The summed E-state index contributed by atoms with van der Waals surface area (Å²) < 4.78 is 23.0. The van der Waals surface area contributed by atoms with Gasteiger partial charge in [-0.05, 0) is 12.5 Å². The van der Waals surface area contributed by atoms with Crippen LogP contribution in [0.2, 0.25) is 5.15 Å². The predicted molar refractivity (Wildman–Crippen MR) is 68.9 cm³/mol. The smallest absolute Gasteiger partial charge is 0.254 e. The standard InChI is InChI=1S/C12H16ClFN2O3/c1-18-5-6-19-4-2-3-15-12(17)10-7-9(14)8-16-11(10)13/h7-8H,2-6H2,1H3,(H,15,17). The molecule has 0 saturated heterocycles. The van der Waals surface area contributed by atoms with E-state index < -0.39 is 11.7 Å². The number of nitrogens with zero attached hydrogens (tertiary/aromatic N) is 1. The number of rotatable bonds is 8. The Hall–Kier alpha value is -1.24. The summed E-state index contributed by atoms with van der Waals surface area (Å²) in [5.41, 5.74) is 0.0296. The van der Waals surface area contributed by atoms with Crippen molar-refractivity contribution >= 4 is 17.5 Å². The SMILES string of the molecule is COCCOCCCNC(=O)c1cc(F)cnc1Cl. The Bertz CT molecular complexity index is 418. The van der Waals surface area contributed by atoms with Crippen molar-refractivity contribution in [2.24, 2.45) is 0 Å². The lowest BCUT2D eigenvalue weighted by Crippen LogP contribution is -2.26. The van der Waals surface area contributed by atoms with Gasteiger partial charge in [0.05, 0.1) is 25.0 Å². The Kier molecular flexibility index (Phi) is 7.32. The molecule has 0 bridgehead atoms. The molecule has 0 fully saturated rings. The highest BCUT2D eigenvalue weighted by atomic mass is 35.5. The van der Waals surface area contributed by atoms with E-state index in [0.29, 0.717) is 32.8 Å². The molecule has 1 heterocycles. The van der Waals surface area contributed by atoms with Crippen LogP contribution in [-0.2, 0) is 9.47 Å². The van der Waals surface area contributed by atoms with Gasteiger partial charge in [-0.25, -0.2) is 9.37 Å². The molecule has 0 aliphatic heterocycles. The molecule has 1 aromatic heterocycles. The molecule has 0 aromatic carbocycles. The number of hydrogen-bond donors (Lipinski definition) is 1. The van der Waals surface area contributed by atoms with Crippen LogP contribution >= 0.6 is 11.6 Å². The lowest BCUT2D eigenvalue weighted by molar-refractivity contribution is 0.0688. The monoisotopic (exact) mass is 290 g/mol. The summed E-state index contributed by atoms with van der Waals surface area (Å²) in [6.07, 6.45) is 1.61. The molecule has 0 spiro atoms. The number of carbonyl (C=O) groups is 1. The van der Waals surface area contributed by atoms with Crippen LogP contribution in [0.5, 0.6) is 0 Å². The molecule has 1 amide bonds. The van der Waals surface area contributed by atoms with E-state index >= 15 is 0 Å². The fraction of sp³-hybridized carbons (Fsp3) is 0.500. The average molecular weight is 291 g/mol. The van der Waals surface area contributed by atoms with Gasteiger partial charge in [0.15, 0.2) is 0 Å². The summed E-state index contributed by atoms with van der Waals surface area (Å²) in [5.74, 6) is -1.05. The van der Waals surface area contributed by atoms with Gasteiger partial charge in [-0.2, -0.15) is 0 Å². The first-order valence-corrected chi connectivity index (χ1v) is 6.19. The van der Waals surface area contributed by atoms with Crippen molar-refractivity contribution in [1.82, 2.24) is 10.3 Å². The summed E-state index contributed by atoms with van der Waals surface area (Å²) in [7, 11) is 1.60. The van der Waals surface area contributed by atoms with Gasteiger partial charge in [-0.3, -0.25) is 4.79 Å². The van der Waals surface area contributed by atoms with Crippen molar-refractivity contribution in [3.8, 4) is 0 Å². The number of methoxy groups -OCH3 is 1. The molecule has 19 heavy (non-hydrogen) atoms. The number of hydrogen-bond acceptors (Lipinski definition) is 4. The molecule has 1 N–H and O–H groups in total. The summed E-state index contributed by atoms with van der Waals surface area (Å²) in [6.45, 7) is 1.98. The normalized spacial score (nSPS) is 10.5. The second kappa shape index (κ2) is 8.79. The third kappa shape index (κ3) is 5.96. The average Bonchev–Trinajstić information content (AvgIpc) is 2.40. The Morgan fingerprint density at radius 2 is 2.26 bits per heavy atom. The Morgan fingerprint density at radius 1 is 1.47 bits per heavy atom. The second-order valence-corrected chi connectivity index (χ2v) is 4.06. The molecule has 1 rings (SSSR count). The zero-order valence-electron chi connectivity index (χ0n) is 10.6. The van der Waals surface area contributed by atoms with E-state index in [1.807, 2.05) is 0 Å². The summed E-state index contributed by atoms with van der Waals surface area (Å²) in [5, 5.41) is 2.60. The van der Waals surface area contributed by atoms with E-state index in [1.54, 1.807) is 7.11 Å². The van der Waals surface area contributed by atoms with Crippen molar-refractivity contribution in [1.29, 1.82) is 0 Å². The number of ether oxygens (including phenoxy) is 2. The minimum atomic E-state index is -0.600. The first-order valence-electron chi connectivity index (χ1n) is 5.81. The van der Waals surface area contributed by atoms with Gasteiger partial charge in [-0.15, -0.1) is 0 Å². The summed E-state index contributed by atoms with van der Waals surface area (Å²) in [4.78, 5) is 15.3. The molecule has 0 unspecified atom stereocenters. The third-order valence-electron chi connectivity index (χ3n) is 2.23. The van der Waals surface area contributed by atoms with Crippen molar-refractivity contribution in [3.63, 3.8) is 0 Å². The molecule has 7 heteroatoms. The molecule has 106 valence electrons. The van der Waals surface area contributed by atoms with E-state index in [4.69, 9.17) is 21.1 Å². The topological polar surface area (TPSA) is 60.5 Å². The molecule has 5 nitrogen and oxygen atoms in total. The fourth-order valence-electron chi connectivity index (χ4n) is 1.30. The van der Waals surface area contributed by atoms with E-state index in [0.717, 1.165) is 12.3 Å². The van der Waals surface area contributed by atoms with Crippen LogP contribution in [0.3, 0.4) is 0 Å². The molecular formula is C12H16ClFN2O3. The maximum atomic E-state index is 12.9. The quantitative estimate of drug-likeness (QED) is 0.584. The molecule has 0 saturated carbocycles. The number of halogens is 2. The Labute approximate surface area is 116 Å². The molecular weight excluding hydrogens is 275 g/mol. The van der Waals surface area contributed by atoms with Gasteiger partial charge >= 0.3 is 0 Å². The lowest BCUT2D eigenvalue weighted by atomic mass is 10.2. The van der Waals surface area contributed by atoms with Crippen LogP contribution in [0.25, 0.3) is 0 Å². The number of amides is 1. The van der Waals surface area contributed by atoms with Crippen LogP contribution in [0, 0.1) is 5.82 Å². The highest BCUT2D eigenvalue weighted by molar-refractivity contribution is 6.32. The van der Waals surface area contributed by atoms with Gasteiger partial charge in [0.2, 0.25) is 0 Å². The van der Waals surface area contributed by atoms with Gasteiger partial charge < -0.3 is 14.8 Å². The van der Waals surface area contributed by atoms with E-state index in [-0.39, 0.29) is 10.7 Å². The molecule has 0 aliphatic rings. The largest absolute Gasteiger partial charge is 0.382 e. The number of aromatic nitrogens is 1. The van der Waals surface area contributed by atoms with Crippen molar-refractivity contribution in [2.45, 2.75) is 6.42 Å². The second-order valence-electron chi connectivity index (χ2n) is 3.71. The van der Waals surface area contributed by atoms with E-state index in [1.165, 1.54) is 0 Å². The number of nitrogens with one attached hydrogen (secondary N) is 1. The minimum absolute atomic E-state index is 0.0183. The van der Waals surface area contributed by atoms with E-state index in [9.17, 15) is 9.18 Å². The van der Waals surface area contributed by atoms with Crippen LogP contribution in [-0.4, -0.2) is 44.4 Å². The fourth-order valence-corrected chi connectivity index (χ4v) is 1.49. The molecule has 0 aliphatic carbocycles. The Balaban J connectivity index is 2.26. The predicted octanol–water partition coefficient (Wildman–Crippen LogP) is 1.66. The highest BCUT2D eigenvalue weighted by Gasteiger charge is 2.11. The Morgan fingerprint density at radius 3 is 3.00 bits per heavy atom. The van der Waals surface area contributed by atoms with Crippen molar-refractivity contribution in [3.05, 3.63) is 28.8 Å². The molecule has 0 radical (unpaired) electrons. The van der Waals surface area contributed by atoms with Crippen LogP contribution < -0.4 is 5.32 Å². The van der Waals surface area contributed by atoms with Gasteiger partial charge in [0, 0.05) is 20.3 Å². The maximum Gasteiger partial charge on any atom is 0.254 e. The maximum absolute atomic E-state index is 12.9. The van der Waals surface area contributed by atoms with Gasteiger partial charge in [0.1, 0.15) is 11.0 Å². The third-order valence-corrected chi connectivity index (χ3v) is 2.53. The lowest BCUT2D eigenvalue weighted by Gasteiger charge is -2.07. The minimum Gasteiger partial charge on any atom is -0.382 e. The highest BCUT2D eigenvalue weighted by Crippen LogP contribution is 2.13. The first-order chi connectivity index (χ1) is 9.15. The van der Waals surface area contributed by atoms with Crippen molar-refractivity contribution in [2.75, 3.05) is 33.5 Å². The number of carbonyl (C=O) groups excluding carboxylic acids is 1. The van der Waals surface area contributed by atoms with Gasteiger partial charge in [0.25, 0.3) is 5.91 Å². The molecule has 1 aromatic rings. The van der Waals surface area contributed by atoms with E-state index in [2.05, 4.69) is 10.3 Å². The first kappa shape index (κ1) is 15.8. The van der Waals surface area contributed by atoms with Gasteiger partial charge in [-0.1, -0.05) is 11.6 Å². The van der Waals surface area contributed by atoms with Crippen LogP contribution in [0.1, 0.15) is 16.8 Å². The van der Waals surface area contributed by atoms with Crippen LogP contribution in [0.4, 0.5) is 4.39 Å². The number of pyridine rings is 1. The summed E-state index contributed by atoms with van der Waals surface area (Å²) >= 11 is 5.71. The van der Waals surface area contributed by atoms with Crippen molar-refractivity contribution < 1.29 is 18.7 Å². The summed E-state index contributed by atoms with van der Waals surface area (Å²) in [6, 6.07) is 1.06. The zero-order valence-corrected chi connectivity index (χ0v) is 11.4. The molecule has 0 atom stereocenters. The zero-order chi connectivity index (χ0) is 14.1. The van der Waals surface area contributed by atoms with Crippen LogP contribution in [0.15, 0.2) is 12.3 Å².